The highest BCUT2D eigenvalue weighted by atomic mass is 14.3. The number of hydrogen-bond donors (Lipinski definition) is 0. The van der Waals surface area contributed by atoms with Crippen LogP contribution >= 0.6 is 0 Å². The van der Waals surface area contributed by atoms with Crippen molar-refractivity contribution in [1.29, 1.82) is 0 Å². The van der Waals surface area contributed by atoms with E-state index in [1.54, 1.807) is 0 Å². The molecule has 0 fully saturated rings. The van der Waals surface area contributed by atoms with Crippen molar-refractivity contribution in [2.45, 2.75) is 33.1 Å². The van der Waals surface area contributed by atoms with Crippen LogP contribution in [-0.2, 0) is 6.42 Å². The molecule has 0 saturated carbocycles. The zero-order valence-corrected chi connectivity index (χ0v) is 12.7. The summed E-state index contributed by atoms with van der Waals surface area (Å²) in [7, 11) is 0. The van der Waals surface area contributed by atoms with Crippen molar-refractivity contribution in [2.24, 2.45) is 0 Å². The minimum absolute atomic E-state index is 0.854. The molecular formula is C21H20. The smallest absolute Gasteiger partial charge is 0.00892 e. The van der Waals surface area contributed by atoms with Crippen LogP contribution in [0.15, 0.2) is 48.0 Å². The molecule has 0 nitrogen and oxygen atoms in total. The van der Waals surface area contributed by atoms with Gasteiger partial charge in [0.1, 0.15) is 0 Å². The highest BCUT2D eigenvalue weighted by molar-refractivity contribution is 6.02. The van der Waals surface area contributed by atoms with E-state index in [0.717, 1.165) is 19.3 Å². The molecule has 2 aromatic rings. The highest BCUT2D eigenvalue weighted by Gasteiger charge is 2.23. The minimum atomic E-state index is 0.854. The van der Waals surface area contributed by atoms with Crippen molar-refractivity contribution in [1.82, 2.24) is 0 Å². The molecule has 0 aliphatic heterocycles. The van der Waals surface area contributed by atoms with Gasteiger partial charge in [0.05, 0.1) is 0 Å². The normalized spacial score (nSPS) is 11.8. The molecule has 2 aromatic carbocycles. The molecule has 0 amide bonds. The van der Waals surface area contributed by atoms with Crippen LogP contribution in [0.1, 0.15) is 43.4 Å². The third-order valence-electron chi connectivity index (χ3n) is 4.13. The number of rotatable bonds is 3. The molecule has 104 valence electrons. The lowest BCUT2D eigenvalue weighted by Gasteiger charge is -2.07. The van der Waals surface area contributed by atoms with Gasteiger partial charge in [-0.25, -0.2) is 0 Å². The van der Waals surface area contributed by atoms with Crippen LogP contribution in [0.25, 0.3) is 16.7 Å². The predicted molar refractivity (Wildman–Crippen MR) is 91.0 cm³/mol. The summed E-state index contributed by atoms with van der Waals surface area (Å²) in [6.45, 7) is 4.39. The van der Waals surface area contributed by atoms with Gasteiger partial charge in [0, 0.05) is 6.42 Å². The first kappa shape index (κ1) is 13.7. The summed E-state index contributed by atoms with van der Waals surface area (Å²) in [5.41, 5.74) is 9.64. The highest BCUT2D eigenvalue weighted by Crippen LogP contribution is 2.45. The van der Waals surface area contributed by atoms with Gasteiger partial charge in [-0.1, -0.05) is 48.0 Å². The summed E-state index contributed by atoms with van der Waals surface area (Å²) in [4.78, 5) is 0. The number of hydrogen-bond acceptors (Lipinski definition) is 0. The molecule has 0 unspecified atom stereocenters. The van der Waals surface area contributed by atoms with Gasteiger partial charge >= 0.3 is 0 Å². The van der Waals surface area contributed by atoms with Gasteiger partial charge in [-0.3, -0.25) is 0 Å². The Morgan fingerprint density at radius 2 is 1.67 bits per heavy atom. The topological polar surface area (TPSA) is 0 Å². The molecular weight excluding hydrogens is 252 g/mol. The molecule has 0 spiro atoms. The lowest BCUT2D eigenvalue weighted by Crippen LogP contribution is -1.88. The zero-order valence-electron chi connectivity index (χ0n) is 12.7. The molecule has 0 aromatic heterocycles. The molecule has 0 heterocycles. The number of unbranched alkanes of at least 4 members (excludes halogenated alkanes) is 1. The van der Waals surface area contributed by atoms with Gasteiger partial charge in [0.25, 0.3) is 0 Å². The van der Waals surface area contributed by atoms with Crippen molar-refractivity contribution < 1.29 is 0 Å². The molecule has 1 aliphatic carbocycles. The molecule has 0 saturated heterocycles. The van der Waals surface area contributed by atoms with E-state index in [1.807, 2.05) is 0 Å². The fourth-order valence-electron chi connectivity index (χ4n) is 3.20. The van der Waals surface area contributed by atoms with Crippen LogP contribution < -0.4 is 0 Å². The summed E-state index contributed by atoms with van der Waals surface area (Å²) < 4.78 is 0. The Labute approximate surface area is 127 Å². The van der Waals surface area contributed by atoms with E-state index in [-0.39, 0.29) is 0 Å². The van der Waals surface area contributed by atoms with Crippen LogP contribution in [0.2, 0.25) is 0 Å². The SMILES string of the molecule is C#CCCCc1ccc2c(c1)-c1ccccc1C2=C(C)C. The molecule has 3 rings (SSSR count). The van der Waals surface area contributed by atoms with Gasteiger partial charge in [-0.05, 0) is 60.1 Å². The largest absolute Gasteiger partial charge is 0.120 e. The van der Waals surface area contributed by atoms with Crippen LogP contribution in [0.4, 0.5) is 0 Å². The second-order valence-electron chi connectivity index (χ2n) is 5.86. The van der Waals surface area contributed by atoms with Gasteiger partial charge in [0.2, 0.25) is 0 Å². The molecule has 21 heavy (non-hydrogen) atoms. The molecule has 0 heteroatoms. The molecule has 0 bridgehead atoms. The van der Waals surface area contributed by atoms with Crippen LogP contribution in [-0.4, -0.2) is 0 Å². The van der Waals surface area contributed by atoms with E-state index in [1.165, 1.54) is 39.0 Å². The Kier molecular flexibility index (Phi) is 3.67. The summed E-state index contributed by atoms with van der Waals surface area (Å²) in [5.74, 6) is 2.72. The van der Waals surface area contributed by atoms with E-state index in [9.17, 15) is 0 Å². The van der Waals surface area contributed by atoms with E-state index in [0.29, 0.717) is 0 Å². The second-order valence-corrected chi connectivity index (χ2v) is 5.86. The van der Waals surface area contributed by atoms with Crippen molar-refractivity contribution in [3.8, 4) is 23.5 Å². The first-order valence-electron chi connectivity index (χ1n) is 7.56. The third-order valence-corrected chi connectivity index (χ3v) is 4.13. The summed E-state index contributed by atoms with van der Waals surface area (Å²) >= 11 is 0. The summed E-state index contributed by atoms with van der Waals surface area (Å²) in [6.07, 6.45) is 8.32. The van der Waals surface area contributed by atoms with Crippen LogP contribution in [0.3, 0.4) is 0 Å². The maximum Gasteiger partial charge on any atom is 0.00892 e. The van der Waals surface area contributed by atoms with Crippen molar-refractivity contribution in [3.63, 3.8) is 0 Å². The van der Waals surface area contributed by atoms with E-state index >= 15 is 0 Å². The Bertz CT molecular complexity index is 750. The molecule has 0 radical (unpaired) electrons. The Balaban J connectivity index is 2.08. The number of allylic oxidation sites excluding steroid dienone is 1. The standard InChI is InChI=1S/C21H20/c1-4-5-6-9-16-12-13-19-20(14-16)17-10-7-8-11-18(17)21(19)15(2)3/h1,7-8,10-14H,5-6,9H2,2-3H3. The van der Waals surface area contributed by atoms with E-state index in [4.69, 9.17) is 6.42 Å². The molecule has 1 aliphatic rings. The number of aryl methyl sites for hydroxylation is 1. The number of fused-ring (bicyclic) bond motifs is 3. The van der Waals surface area contributed by atoms with Crippen LogP contribution in [0.5, 0.6) is 0 Å². The van der Waals surface area contributed by atoms with Gasteiger partial charge in [-0.2, -0.15) is 0 Å². The maximum atomic E-state index is 5.34. The first-order valence-corrected chi connectivity index (χ1v) is 7.56. The Morgan fingerprint density at radius 1 is 0.952 bits per heavy atom. The van der Waals surface area contributed by atoms with Gasteiger partial charge in [-0.15, -0.1) is 12.3 Å². The average Bonchev–Trinajstić information content (AvgIpc) is 2.81. The molecule has 0 atom stereocenters. The lowest BCUT2D eigenvalue weighted by atomic mass is 9.97. The lowest BCUT2D eigenvalue weighted by molar-refractivity contribution is 0.858. The van der Waals surface area contributed by atoms with E-state index in [2.05, 4.69) is 62.2 Å². The zero-order chi connectivity index (χ0) is 14.8. The van der Waals surface area contributed by atoms with Crippen LogP contribution in [0, 0.1) is 12.3 Å². The van der Waals surface area contributed by atoms with E-state index < -0.39 is 0 Å². The Morgan fingerprint density at radius 3 is 2.38 bits per heavy atom. The minimum Gasteiger partial charge on any atom is -0.120 e. The fraction of sp³-hybridized carbons (Fsp3) is 0.238. The number of benzene rings is 2. The van der Waals surface area contributed by atoms with Crippen molar-refractivity contribution in [3.05, 3.63) is 64.7 Å². The van der Waals surface area contributed by atoms with Crippen molar-refractivity contribution in [2.75, 3.05) is 0 Å². The quantitative estimate of drug-likeness (QED) is 0.438. The average molecular weight is 272 g/mol. The Hall–Kier alpha value is -2.26. The fourth-order valence-corrected chi connectivity index (χ4v) is 3.20. The van der Waals surface area contributed by atoms with Crippen molar-refractivity contribution >= 4 is 5.57 Å². The summed E-state index contributed by atoms with van der Waals surface area (Å²) in [6, 6.07) is 15.6. The number of terminal acetylenes is 1. The monoisotopic (exact) mass is 272 g/mol. The molecule has 0 N–H and O–H groups in total. The predicted octanol–water partition coefficient (Wildman–Crippen LogP) is 5.46. The first-order chi connectivity index (χ1) is 10.2. The second kappa shape index (κ2) is 5.62. The van der Waals surface area contributed by atoms with Gasteiger partial charge < -0.3 is 0 Å². The van der Waals surface area contributed by atoms with Gasteiger partial charge in [0.15, 0.2) is 0 Å². The third kappa shape index (κ3) is 2.41. The maximum absolute atomic E-state index is 5.34. The summed E-state index contributed by atoms with van der Waals surface area (Å²) in [5, 5.41) is 0.